The van der Waals surface area contributed by atoms with Crippen molar-refractivity contribution < 1.29 is 0 Å². The van der Waals surface area contributed by atoms with Gasteiger partial charge in [0.25, 0.3) is 0 Å². The summed E-state index contributed by atoms with van der Waals surface area (Å²) in [5.41, 5.74) is 3.56. The molecule has 2 aliphatic rings. The molecule has 20 heavy (non-hydrogen) atoms. The molecule has 1 heterocycles. The van der Waals surface area contributed by atoms with Crippen molar-refractivity contribution in [2.45, 2.75) is 45.4 Å². The van der Waals surface area contributed by atoms with Crippen LogP contribution in [-0.4, -0.2) is 26.2 Å². The van der Waals surface area contributed by atoms with E-state index in [0.717, 1.165) is 0 Å². The number of rotatable bonds is 6. The van der Waals surface area contributed by atoms with Crippen LogP contribution in [0.4, 0.5) is 5.69 Å². The second kappa shape index (κ2) is 6.17. The molecule has 0 bridgehead atoms. The number of fused-ring (bicyclic) bond motifs is 1. The summed E-state index contributed by atoms with van der Waals surface area (Å²) in [6, 6.07) is 8.97. The van der Waals surface area contributed by atoms with Gasteiger partial charge in [0.1, 0.15) is 0 Å². The van der Waals surface area contributed by atoms with E-state index in [1.165, 1.54) is 70.4 Å². The Morgan fingerprint density at radius 3 is 2.80 bits per heavy atom. The summed E-state index contributed by atoms with van der Waals surface area (Å²) in [4.78, 5) is 2.65. The largest absolute Gasteiger partial charge is 0.370 e. The Kier molecular flexibility index (Phi) is 4.30. The van der Waals surface area contributed by atoms with Crippen molar-refractivity contribution in [1.82, 2.24) is 5.32 Å². The molecule has 3 rings (SSSR count). The van der Waals surface area contributed by atoms with E-state index in [4.69, 9.17) is 0 Å². The van der Waals surface area contributed by atoms with Crippen molar-refractivity contribution in [3.8, 4) is 0 Å². The fourth-order valence-electron chi connectivity index (χ4n) is 4.02. The zero-order chi connectivity index (χ0) is 13.8. The molecule has 1 aromatic carbocycles. The molecule has 0 spiro atoms. The van der Waals surface area contributed by atoms with Gasteiger partial charge in [0.05, 0.1) is 0 Å². The van der Waals surface area contributed by atoms with Gasteiger partial charge in [-0.1, -0.05) is 38.0 Å². The second-order valence-corrected chi connectivity index (χ2v) is 6.68. The third-order valence-corrected chi connectivity index (χ3v) is 5.10. The van der Waals surface area contributed by atoms with Crippen LogP contribution in [0.25, 0.3) is 0 Å². The highest BCUT2D eigenvalue weighted by atomic mass is 15.2. The van der Waals surface area contributed by atoms with E-state index in [9.17, 15) is 0 Å². The number of para-hydroxylation sites is 1. The molecule has 1 fully saturated rings. The Labute approximate surface area is 123 Å². The maximum atomic E-state index is 3.69. The van der Waals surface area contributed by atoms with Gasteiger partial charge in [0, 0.05) is 30.7 Å². The average molecular weight is 272 g/mol. The number of anilines is 1. The molecule has 0 atom stereocenters. The highest BCUT2D eigenvalue weighted by molar-refractivity contribution is 5.58. The standard InChI is InChI=1S/C18H28N2/c1-2-12-19-14-18(10-5-6-11-18)15-20-13-9-16-7-3-4-8-17(16)20/h3-4,7-8,19H,2,5-6,9-15H2,1H3. The molecule has 1 aliphatic heterocycles. The fraction of sp³-hybridized carbons (Fsp3) is 0.667. The van der Waals surface area contributed by atoms with Gasteiger partial charge in [-0.3, -0.25) is 0 Å². The highest BCUT2D eigenvalue weighted by Gasteiger charge is 2.36. The molecule has 1 saturated carbocycles. The third-order valence-electron chi connectivity index (χ3n) is 5.10. The van der Waals surface area contributed by atoms with Crippen LogP contribution in [0.2, 0.25) is 0 Å². The van der Waals surface area contributed by atoms with Crippen LogP contribution in [-0.2, 0) is 6.42 Å². The number of benzene rings is 1. The molecule has 2 nitrogen and oxygen atoms in total. The van der Waals surface area contributed by atoms with E-state index in [-0.39, 0.29) is 0 Å². The van der Waals surface area contributed by atoms with Crippen LogP contribution in [0.15, 0.2) is 24.3 Å². The van der Waals surface area contributed by atoms with Gasteiger partial charge in [-0.15, -0.1) is 0 Å². The van der Waals surface area contributed by atoms with Gasteiger partial charge < -0.3 is 10.2 Å². The van der Waals surface area contributed by atoms with Crippen molar-refractivity contribution in [1.29, 1.82) is 0 Å². The summed E-state index contributed by atoms with van der Waals surface area (Å²) < 4.78 is 0. The molecule has 0 saturated heterocycles. The maximum Gasteiger partial charge on any atom is 0.0399 e. The minimum atomic E-state index is 0.520. The first-order chi connectivity index (χ1) is 9.83. The molecule has 2 heteroatoms. The predicted molar refractivity (Wildman–Crippen MR) is 86.4 cm³/mol. The lowest BCUT2D eigenvalue weighted by Crippen LogP contribution is -2.42. The van der Waals surface area contributed by atoms with Crippen molar-refractivity contribution >= 4 is 5.69 Å². The van der Waals surface area contributed by atoms with Crippen molar-refractivity contribution in [2.24, 2.45) is 5.41 Å². The van der Waals surface area contributed by atoms with Gasteiger partial charge in [-0.05, 0) is 43.9 Å². The van der Waals surface area contributed by atoms with E-state index in [2.05, 4.69) is 41.4 Å². The summed E-state index contributed by atoms with van der Waals surface area (Å²) in [5, 5.41) is 3.69. The lowest BCUT2D eigenvalue weighted by Gasteiger charge is -2.35. The summed E-state index contributed by atoms with van der Waals surface area (Å²) in [6.45, 7) is 7.10. The lowest BCUT2D eigenvalue weighted by atomic mass is 9.85. The lowest BCUT2D eigenvalue weighted by molar-refractivity contribution is 0.285. The van der Waals surface area contributed by atoms with Crippen LogP contribution in [0.5, 0.6) is 0 Å². The minimum Gasteiger partial charge on any atom is -0.370 e. The Bertz CT molecular complexity index is 435. The zero-order valence-electron chi connectivity index (χ0n) is 12.8. The third kappa shape index (κ3) is 2.85. The minimum absolute atomic E-state index is 0.520. The van der Waals surface area contributed by atoms with Crippen LogP contribution in [0.3, 0.4) is 0 Å². The van der Waals surface area contributed by atoms with Gasteiger partial charge in [-0.2, -0.15) is 0 Å². The second-order valence-electron chi connectivity index (χ2n) is 6.68. The summed E-state index contributed by atoms with van der Waals surface area (Å²) in [6.07, 6.45) is 8.12. The Balaban J connectivity index is 1.68. The number of hydrogen-bond donors (Lipinski definition) is 1. The summed E-state index contributed by atoms with van der Waals surface area (Å²) in [5.74, 6) is 0. The molecule has 0 aromatic heterocycles. The molecule has 1 aromatic rings. The SMILES string of the molecule is CCCNCC1(CN2CCc3ccccc32)CCCC1. The van der Waals surface area contributed by atoms with Crippen LogP contribution < -0.4 is 10.2 Å². The topological polar surface area (TPSA) is 15.3 Å². The number of hydrogen-bond acceptors (Lipinski definition) is 2. The van der Waals surface area contributed by atoms with Crippen LogP contribution in [0.1, 0.15) is 44.6 Å². The predicted octanol–water partition coefficient (Wildman–Crippen LogP) is 3.61. The van der Waals surface area contributed by atoms with Gasteiger partial charge >= 0.3 is 0 Å². The summed E-state index contributed by atoms with van der Waals surface area (Å²) in [7, 11) is 0. The normalized spacial score (nSPS) is 20.4. The molecule has 0 radical (unpaired) electrons. The molecule has 1 N–H and O–H groups in total. The monoisotopic (exact) mass is 272 g/mol. The fourth-order valence-corrected chi connectivity index (χ4v) is 4.02. The van der Waals surface area contributed by atoms with Gasteiger partial charge in [-0.25, -0.2) is 0 Å². The molecule has 110 valence electrons. The van der Waals surface area contributed by atoms with Gasteiger partial charge in [0.2, 0.25) is 0 Å². The van der Waals surface area contributed by atoms with Crippen LogP contribution in [0, 0.1) is 5.41 Å². The first-order valence-corrected chi connectivity index (χ1v) is 8.37. The van der Waals surface area contributed by atoms with Crippen molar-refractivity contribution in [3.05, 3.63) is 29.8 Å². The first-order valence-electron chi connectivity index (χ1n) is 8.37. The number of nitrogens with one attached hydrogen (secondary N) is 1. The van der Waals surface area contributed by atoms with E-state index in [1.807, 2.05) is 0 Å². The van der Waals surface area contributed by atoms with Crippen LogP contribution >= 0.6 is 0 Å². The molecule has 0 unspecified atom stereocenters. The molecular formula is C18H28N2. The highest BCUT2D eigenvalue weighted by Crippen LogP contribution is 2.40. The van der Waals surface area contributed by atoms with E-state index < -0.39 is 0 Å². The summed E-state index contributed by atoms with van der Waals surface area (Å²) >= 11 is 0. The molecule has 0 amide bonds. The maximum absolute atomic E-state index is 3.69. The quantitative estimate of drug-likeness (QED) is 0.796. The van der Waals surface area contributed by atoms with Crippen molar-refractivity contribution in [2.75, 3.05) is 31.1 Å². The molecular weight excluding hydrogens is 244 g/mol. The number of nitrogens with zero attached hydrogens (tertiary/aromatic N) is 1. The van der Waals surface area contributed by atoms with E-state index >= 15 is 0 Å². The smallest absolute Gasteiger partial charge is 0.0399 e. The van der Waals surface area contributed by atoms with E-state index in [1.54, 1.807) is 5.56 Å². The molecule has 1 aliphatic carbocycles. The Morgan fingerprint density at radius 2 is 2.00 bits per heavy atom. The van der Waals surface area contributed by atoms with Crippen molar-refractivity contribution in [3.63, 3.8) is 0 Å². The van der Waals surface area contributed by atoms with Gasteiger partial charge in [0.15, 0.2) is 0 Å². The first kappa shape index (κ1) is 13.9. The average Bonchev–Trinajstić information content (AvgIpc) is 3.08. The Morgan fingerprint density at radius 1 is 1.20 bits per heavy atom. The van der Waals surface area contributed by atoms with E-state index in [0.29, 0.717) is 5.41 Å². The zero-order valence-corrected chi connectivity index (χ0v) is 12.8. The Hall–Kier alpha value is -1.02.